The lowest BCUT2D eigenvalue weighted by molar-refractivity contribution is -0.384. The molecule has 1 aliphatic heterocycles. The van der Waals surface area contributed by atoms with Gasteiger partial charge in [0, 0.05) is 34.8 Å². The Hall–Kier alpha value is -2.44. The summed E-state index contributed by atoms with van der Waals surface area (Å²) in [6.45, 7) is 0.790. The average molecular weight is 363 g/mol. The molecule has 0 N–H and O–H groups in total. The van der Waals surface area contributed by atoms with E-state index in [1.165, 1.54) is 24.0 Å². The Morgan fingerprint density at radius 2 is 2.00 bits per heavy atom. The molecule has 4 rings (SSSR count). The second kappa shape index (κ2) is 6.22. The zero-order chi connectivity index (χ0) is 16.0. The molecule has 2 heterocycles. The van der Waals surface area contributed by atoms with Gasteiger partial charge in [0.2, 0.25) is 0 Å². The van der Waals surface area contributed by atoms with Gasteiger partial charge >= 0.3 is 0 Å². The van der Waals surface area contributed by atoms with Crippen molar-refractivity contribution in [3.63, 3.8) is 0 Å². The van der Waals surface area contributed by atoms with E-state index in [2.05, 4.69) is 14.9 Å². The fraction of sp³-hybridized carbons (Fsp3) is 0.125. The molecule has 0 unspecified atom stereocenters. The molecule has 0 radical (unpaired) electrons. The van der Waals surface area contributed by atoms with Crippen LogP contribution in [0.2, 0.25) is 5.02 Å². The van der Waals surface area contributed by atoms with Crippen molar-refractivity contribution >= 4 is 52.1 Å². The molecule has 0 amide bonds. The van der Waals surface area contributed by atoms with E-state index in [4.69, 9.17) is 11.6 Å². The summed E-state index contributed by atoms with van der Waals surface area (Å²) in [5, 5.41) is 12.4. The summed E-state index contributed by atoms with van der Waals surface area (Å²) >= 11 is 6.12. The van der Waals surface area contributed by atoms with E-state index in [9.17, 15) is 10.1 Å². The molecule has 122 valence electrons. The summed E-state index contributed by atoms with van der Waals surface area (Å²) < 4.78 is 0. The molecule has 8 heteroatoms. The highest BCUT2D eigenvalue weighted by atomic mass is 35.5. The number of anilines is 2. The molecule has 2 aromatic carbocycles. The third-order valence-corrected chi connectivity index (χ3v) is 4.24. The van der Waals surface area contributed by atoms with Crippen molar-refractivity contribution in [2.45, 2.75) is 6.42 Å². The SMILES string of the molecule is Cl.O=[N+]([O-])c1ccc2c(N3CCc4ccc(Cl)cc43)ncnc2c1. The summed E-state index contributed by atoms with van der Waals surface area (Å²) in [6.07, 6.45) is 2.34. The van der Waals surface area contributed by atoms with E-state index in [-0.39, 0.29) is 18.1 Å². The van der Waals surface area contributed by atoms with Crippen LogP contribution in [-0.2, 0) is 6.42 Å². The van der Waals surface area contributed by atoms with E-state index < -0.39 is 4.92 Å². The Labute approximate surface area is 148 Å². The molecule has 1 aliphatic rings. The highest BCUT2D eigenvalue weighted by Crippen LogP contribution is 2.38. The zero-order valence-corrected chi connectivity index (χ0v) is 13.9. The Kier molecular flexibility index (Phi) is 4.26. The quantitative estimate of drug-likeness (QED) is 0.501. The van der Waals surface area contributed by atoms with Crippen LogP contribution in [0.15, 0.2) is 42.7 Å². The smallest absolute Gasteiger partial charge is 0.271 e. The highest BCUT2D eigenvalue weighted by Gasteiger charge is 2.23. The van der Waals surface area contributed by atoms with Crippen LogP contribution in [0.3, 0.4) is 0 Å². The van der Waals surface area contributed by atoms with Crippen molar-refractivity contribution in [2.75, 3.05) is 11.4 Å². The summed E-state index contributed by atoms with van der Waals surface area (Å²) in [5.41, 5.74) is 2.81. The van der Waals surface area contributed by atoms with Crippen molar-refractivity contribution < 1.29 is 4.92 Å². The summed E-state index contributed by atoms with van der Waals surface area (Å²) in [6, 6.07) is 10.5. The van der Waals surface area contributed by atoms with E-state index in [1.807, 2.05) is 18.2 Å². The van der Waals surface area contributed by atoms with Crippen LogP contribution < -0.4 is 4.90 Å². The molecule has 0 bridgehead atoms. The largest absolute Gasteiger partial charge is 0.325 e. The lowest BCUT2D eigenvalue weighted by Crippen LogP contribution is -2.15. The minimum absolute atomic E-state index is 0. The maximum absolute atomic E-state index is 10.9. The van der Waals surface area contributed by atoms with E-state index in [1.54, 1.807) is 6.07 Å². The number of hydrogen-bond acceptors (Lipinski definition) is 5. The molecule has 0 aliphatic carbocycles. The maximum Gasteiger partial charge on any atom is 0.271 e. The molecule has 3 aromatic rings. The van der Waals surface area contributed by atoms with E-state index in [0.717, 1.165) is 29.9 Å². The number of benzene rings is 2. The monoisotopic (exact) mass is 362 g/mol. The van der Waals surface area contributed by atoms with Gasteiger partial charge in [-0.25, -0.2) is 9.97 Å². The average Bonchev–Trinajstić information content (AvgIpc) is 2.96. The number of rotatable bonds is 2. The van der Waals surface area contributed by atoms with Gasteiger partial charge in [-0.2, -0.15) is 0 Å². The van der Waals surface area contributed by atoms with Crippen LogP contribution in [0, 0.1) is 10.1 Å². The van der Waals surface area contributed by atoms with Crippen molar-refractivity contribution in [1.82, 2.24) is 9.97 Å². The predicted octanol–water partition coefficient (Wildman–Crippen LogP) is 4.31. The van der Waals surface area contributed by atoms with Crippen molar-refractivity contribution in [2.24, 2.45) is 0 Å². The zero-order valence-electron chi connectivity index (χ0n) is 12.3. The molecule has 0 saturated carbocycles. The van der Waals surface area contributed by atoms with Crippen LogP contribution in [0.1, 0.15) is 5.56 Å². The molecule has 24 heavy (non-hydrogen) atoms. The minimum Gasteiger partial charge on any atom is -0.325 e. The Morgan fingerprint density at radius 3 is 2.79 bits per heavy atom. The predicted molar refractivity (Wildman–Crippen MR) is 95.6 cm³/mol. The van der Waals surface area contributed by atoms with Gasteiger partial charge in [0.25, 0.3) is 5.69 Å². The van der Waals surface area contributed by atoms with Gasteiger partial charge in [0.05, 0.1) is 10.4 Å². The normalized spacial score (nSPS) is 12.8. The molecule has 0 spiro atoms. The van der Waals surface area contributed by atoms with Gasteiger partial charge in [-0.05, 0) is 30.2 Å². The lowest BCUT2D eigenvalue weighted by atomic mass is 10.1. The van der Waals surface area contributed by atoms with Crippen molar-refractivity contribution in [3.8, 4) is 0 Å². The molecule has 0 saturated heterocycles. The molecule has 6 nitrogen and oxygen atoms in total. The second-order valence-corrected chi connectivity index (χ2v) is 5.77. The van der Waals surface area contributed by atoms with Crippen LogP contribution in [0.5, 0.6) is 0 Å². The number of non-ortho nitro benzene ring substituents is 1. The van der Waals surface area contributed by atoms with Gasteiger partial charge in [0.15, 0.2) is 0 Å². The first kappa shape index (κ1) is 16.4. The number of nitro groups is 1. The van der Waals surface area contributed by atoms with Gasteiger partial charge in [-0.1, -0.05) is 17.7 Å². The van der Waals surface area contributed by atoms with Gasteiger partial charge in [-0.3, -0.25) is 10.1 Å². The van der Waals surface area contributed by atoms with E-state index in [0.29, 0.717) is 10.5 Å². The Bertz CT molecular complexity index is 949. The summed E-state index contributed by atoms with van der Waals surface area (Å²) in [7, 11) is 0. The third-order valence-electron chi connectivity index (χ3n) is 4.01. The third kappa shape index (κ3) is 2.64. The van der Waals surface area contributed by atoms with Crippen LogP contribution in [0.4, 0.5) is 17.2 Å². The first-order chi connectivity index (χ1) is 11.1. The Balaban J connectivity index is 0.00000169. The number of fused-ring (bicyclic) bond motifs is 2. The minimum atomic E-state index is -0.424. The van der Waals surface area contributed by atoms with Crippen LogP contribution in [0.25, 0.3) is 10.9 Å². The maximum atomic E-state index is 10.9. The van der Waals surface area contributed by atoms with Crippen LogP contribution in [-0.4, -0.2) is 21.4 Å². The first-order valence-electron chi connectivity index (χ1n) is 7.08. The number of nitrogens with zero attached hydrogens (tertiary/aromatic N) is 4. The first-order valence-corrected chi connectivity index (χ1v) is 7.46. The number of hydrogen-bond donors (Lipinski definition) is 0. The number of nitro benzene ring substituents is 1. The van der Waals surface area contributed by atoms with Crippen LogP contribution >= 0.6 is 24.0 Å². The lowest BCUT2D eigenvalue weighted by Gasteiger charge is -2.19. The van der Waals surface area contributed by atoms with Gasteiger partial charge < -0.3 is 4.90 Å². The van der Waals surface area contributed by atoms with Gasteiger partial charge in [0.1, 0.15) is 12.1 Å². The molecular weight excluding hydrogens is 351 g/mol. The summed E-state index contributed by atoms with van der Waals surface area (Å²) in [4.78, 5) is 21.1. The summed E-state index contributed by atoms with van der Waals surface area (Å²) in [5.74, 6) is 0.742. The standard InChI is InChI=1S/C16H11ClN4O2.ClH/c17-11-2-1-10-5-6-20(15(10)7-11)16-13-4-3-12(21(22)23)8-14(13)18-9-19-16;/h1-4,7-9H,5-6H2;1H. The second-order valence-electron chi connectivity index (χ2n) is 5.33. The molecule has 0 fully saturated rings. The molecular formula is C16H12Cl2N4O2. The van der Waals surface area contributed by atoms with Crippen molar-refractivity contribution in [1.29, 1.82) is 0 Å². The van der Waals surface area contributed by atoms with Crippen molar-refractivity contribution in [3.05, 3.63) is 63.4 Å². The van der Waals surface area contributed by atoms with E-state index >= 15 is 0 Å². The molecule has 1 aromatic heterocycles. The highest BCUT2D eigenvalue weighted by molar-refractivity contribution is 6.31. The fourth-order valence-corrected chi connectivity index (χ4v) is 3.10. The Morgan fingerprint density at radius 1 is 1.17 bits per heavy atom. The molecule has 0 atom stereocenters. The fourth-order valence-electron chi connectivity index (χ4n) is 2.93. The van der Waals surface area contributed by atoms with Gasteiger partial charge in [-0.15, -0.1) is 12.4 Å². The topological polar surface area (TPSA) is 72.2 Å². The number of halogens is 2. The number of aromatic nitrogens is 2.